The molecule has 1 N–H and O–H groups in total. The van der Waals surface area contributed by atoms with Crippen LogP contribution in [0.2, 0.25) is 0 Å². The predicted molar refractivity (Wildman–Crippen MR) is 79.0 cm³/mol. The number of nitrogens with one attached hydrogen (secondary N) is 1. The van der Waals surface area contributed by atoms with Gasteiger partial charge >= 0.3 is 0 Å². The van der Waals surface area contributed by atoms with Crippen LogP contribution in [-0.4, -0.2) is 10.9 Å². The molecule has 0 atom stereocenters. The molecule has 19 heavy (non-hydrogen) atoms. The topological polar surface area (TPSA) is 42.0 Å². The number of hydrogen-bond donors (Lipinski definition) is 1. The molecule has 4 heteroatoms. The minimum Gasteiger partial charge on any atom is -0.350 e. The summed E-state index contributed by atoms with van der Waals surface area (Å²) in [5, 5.41) is 5.89. The third-order valence-corrected chi connectivity index (χ3v) is 3.82. The van der Waals surface area contributed by atoms with Crippen LogP contribution in [0, 0.1) is 12.8 Å². The first kappa shape index (κ1) is 13.7. The van der Waals surface area contributed by atoms with E-state index in [-0.39, 0.29) is 11.8 Å². The summed E-state index contributed by atoms with van der Waals surface area (Å²) in [6.07, 6.45) is 0. The first-order valence-electron chi connectivity index (χ1n) is 6.36. The number of nitrogens with zero attached hydrogens (tertiary/aromatic N) is 1. The maximum Gasteiger partial charge on any atom is 0.222 e. The fraction of sp³-hybridized carbons (Fsp3) is 0.333. The summed E-state index contributed by atoms with van der Waals surface area (Å²) < 4.78 is 0. The molecule has 0 radical (unpaired) electrons. The van der Waals surface area contributed by atoms with Gasteiger partial charge in [-0.25, -0.2) is 4.98 Å². The maximum absolute atomic E-state index is 11.5. The standard InChI is InChI=1S/C15H18N2OS/c1-10(2)14(18)16-8-12-9-19-15(17-12)13-7-5-4-6-11(13)3/h4-7,9-10H,8H2,1-3H3,(H,16,18). The predicted octanol–water partition coefficient (Wildman–Crippen LogP) is 3.39. The van der Waals surface area contributed by atoms with Crippen LogP contribution >= 0.6 is 11.3 Å². The Labute approximate surface area is 117 Å². The van der Waals surface area contributed by atoms with Gasteiger partial charge in [0.15, 0.2) is 0 Å². The van der Waals surface area contributed by atoms with E-state index in [0.29, 0.717) is 6.54 Å². The molecular weight excluding hydrogens is 256 g/mol. The largest absolute Gasteiger partial charge is 0.350 e. The molecule has 0 fully saturated rings. The average Bonchev–Trinajstić information content (AvgIpc) is 2.85. The van der Waals surface area contributed by atoms with Gasteiger partial charge in [-0.1, -0.05) is 38.1 Å². The Balaban J connectivity index is 2.08. The van der Waals surface area contributed by atoms with Gasteiger partial charge in [0.25, 0.3) is 0 Å². The van der Waals surface area contributed by atoms with Gasteiger partial charge in [-0.3, -0.25) is 4.79 Å². The molecule has 2 aromatic rings. The molecule has 1 aromatic heterocycles. The van der Waals surface area contributed by atoms with Crippen LogP contribution in [0.25, 0.3) is 10.6 Å². The Morgan fingerprint density at radius 2 is 2.11 bits per heavy atom. The van der Waals surface area contributed by atoms with Crippen molar-refractivity contribution in [3.05, 3.63) is 40.9 Å². The first-order chi connectivity index (χ1) is 9.08. The molecule has 1 aromatic carbocycles. The minimum atomic E-state index is 0.00877. The summed E-state index contributed by atoms with van der Waals surface area (Å²) in [6.45, 7) is 6.35. The second-order valence-corrected chi connectivity index (χ2v) is 5.69. The molecule has 0 aliphatic rings. The Morgan fingerprint density at radius 1 is 1.37 bits per heavy atom. The number of hydrogen-bond acceptors (Lipinski definition) is 3. The van der Waals surface area contributed by atoms with Crippen molar-refractivity contribution in [2.45, 2.75) is 27.3 Å². The van der Waals surface area contributed by atoms with Crippen molar-refractivity contribution in [1.29, 1.82) is 0 Å². The molecular formula is C15H18N2OS. The smallest absolute Gasteiger partial charge is 0.222 e. The molecule has 100 valence electrons. The van der Waals surface area contributed by atoms with Crippen LogP contribution in [0.3, 0.4) is 0 Å². The third kappa shape index (κ3) is 3.41. The van der Waals surface area contributed by atoms with Gasteiger partial charge in [0.2, 0.25) is 5.91 Å². The van der Waals surface area contributed by atoms with E-state index in [0.717, 1.165) is 16.3 Å². The van der Waals surface area contributed by atoms with Crippen LogP contribution in [-0.2, 0) is 11.3 Å². The lowest BCUT2D eigenvalue weighted by molar-refractivity contribution is -0.124. The number of benzene rings is 1. The van der Waals surface area contributed by atoms with Crippen molar-refractivity contribution in [1.82, 2.24) is 10.3 Å². The number of carbonyl (C=O) groups excluding carboxylic acids is 1. The monoisotopic (exact) mass is 274 g/mol. The zero-order chi connectivity index (χ0) is 13.8. The number of amides is 1. The highest BCUT2D eigenvalue weighted by Crippen LogP contribution is 2.26. The normalized spacial score (nSPS) is 10.7. The summed E-state index contributed by atoms with van der Waals surface area (Å²) in [7, 11) is 0. The van der Waals surface area contributed by atoms with Crippen molar-refractivity contribution < 1.29 is 4.79 Å². The highest BCUT2D eigenvalue weighted by molar-refractivity contribution is 7.13. The molecule has 3 nitrogen and oxygen atoms in total. The Bertz CT molecular complexity index is 575. The number of aromatic nitrogens is 1. The lowest BCUT2D eigenvalue weighted by atomic mass is 10.1. The van der Waals surface area contributed by atoms with Crippen molar-refractivity contribution in [2.75, 3.05) is 0 Å². The molecule has 1 heterocycles. The zero-order valence-electron chi connectivity index (χ0n) is 11.4. The molecule has 1 amide bonds. The number of aryl methyl sites for hydroxylation is 1. The van der Waals surface area contributed by atoms with E-state index in [4.69, 9.17) is 0 Å². The van der Waals surface area contributed by atoms with E-state index in [9.17, 15) is 4.79 Å². The minimum absolute atomic E-state index is 0.00877. The summed E-state index contributed by atoms with van der Waals surface area (Å²) in [4.78, 5) is 16.1. The van der Waals surface area contributed by atoms with Crippen LogP contribution < -0.4 is 5.32 Å². The van der Waals surface area contributed by atoms with E-state index >= 15 is 0 Å². The van der Waals surface area contributed by atoms with Gasteiger partial charge in [-0.2, -0.15) is 0 Å². The maximum atomic E-state index is 11.5. The zero-order valence-corrected chi connectivity index (χ0v) is 12.3. The van der Waals surface area contributed by atoms with E-state index in [2.05, 4.69) is 29.4 Å². The summed E-state index contributed by atoms with van der Waals surface area (Å²) in [6, 6.07) is 8.20. The highest BCUT2D eigenvalue weighted by atomic mass is 32.1. The van der Waals surface area contributed by atoms with Crippen molar-refractivity contribution >= 4 is 17.2 Å². The molecule has 0 aliphatic carbocycles. The SMILES string of the molecule is Cc1ccccc1-c1nc(CNC(=O)C(C)C)cs1. The van der Waals surface area contributed by atoms with Crippen LogP contribution in [0.5, 0.6) is 0 Å². The molecule has 0 bridgehead atoms. The lowest BCUT2D eigenvalue weighted by Gasteiger charge is -2.05. The van der Waals surface area contributed by atoms with Crippen molar-refractivity contribution in [2.24, 2.45) is 5.92 Å². The number of rotatable bonds is 4. The van der Waals surface area contributed by atoms with Gasteiger partial charge in [0.05, 0.1) is 12.2 Å². The van der Waals surface area contributed by atoms with Crippen molar-refractivity contribution in [3.63, 3.8) is 0 Å². The quantitative estimate of drug-likeness (QED) is 0.928. The van der Waals surface area contributed by atoms with Gasteiger partial charge in [-0.05, 0) is 12.5 Å². The third-order valence-electron chi connectivity index (χ3n) is 2.90. The van der Waals surface area contributed by atoms with Gasteiger partial charge < -0.3 is 5.32 Å². The Morgan fingerprint density at radius 3 is 2.79 bits per heavy atom. The van der Waals surface area contributed by atoms with E-state index in [1.165, 1.54) is 5.56 Å². The van der Waals surface area contributed by atoms with E-state index in [1.54, 1.807) is 11.3 Å². The molecule has 0 spiro atoms. The fourth-order valence-corrected chi connectivity index (χ4v) is 2.62. The Kier molecular flexibility index (Phi) is 4.32. The summed E-state index contributed by atoms with van der Waals surface area (Å²) in [5.41, 5.74) is 3.29. The van der Waals surface area contributed by atoms with Crippen LogP contribution in [0.4, 0.5) is 0 Å². The van der Waals surface area contributed by atoms with Crippen molar-refractivity contribution in [3.8, 4) is 10.6 Å². The molecule has 0 aliphatic heterocycles. The van der Waals surface area contributed by atoms with Crippen LogP contribution in [0.1, 0.15) is 25.1 Å². The average molecular weight is 274 g/mol. The first-order valence-corrected chi connectivity index (χ1v) is 7.24. The van der Waals surface area contributed by atoms with Gasteiger partial charge in [0.1, 0.15) is 5.01 Å². The second kappa shape index (κ2) is 5.97. The number of thiazole rings is 1. The second-order valence-electron chi connectivity index (χ2n) is 4.83. The number of carbonyl (C=O) groups is 1. The van der Waals surface area contributed by atoms with Crippen LogP contribution in [0.15, 0.2) is 29.6 Å². The van der Waals surface area contributed by atoms with Gasteiger partial charge in [-0.15, -0.1) is 11.3 Å². The summed E-state index contributed by atoms with van der Waals surface area (Å²) >= 11 is 1.61. The fourth-order valence-electron chi connectivity index (χ4n) is 1.71. The molecule has 0 saturated carbocycles. The lowest BCUT2D eigenvalue weighted by Crippen LogP contribution is -2.27. The molecule has 0 unspecified atom stereocenters. The van der Waals surface area contributed by atoms with Gasteiger partial charge in [0, 0.05) is 16.9 Å². The molecule has 2 rings (SSSR count). The molecule has 0 saturated heterocycles. The highest BCUT2D eigenvalue weighted by Gasteiger charge is 2.09. The van der Waals surface area contributed by atoms with E-state index in [1.807, 2.05) is 31.4 Å². The van der Waals surface area contributed by atoms with E-state index < -0.39 is 0 Å². The Hall–Kier alpha value is -1.68. The summed E-state index contributed by atoms with van der Waals surface area (Å²) in [5.74, 6) is 0.0694.